The van der Waals surface area contributed by atoms with E-state index in [-0.39, 0.29) is 22.6 Å². The molecule has 158 valence electrons. The van der Waals surface area contributed by atoms with Gasteiger partial charge >= 0.3 is 0 Å². The highest BCUT2D eigenvalue weighted by atomic mass is 32.2. The van der Waals surface area contributed by atoms with Crippen LogP contribution in [-0.2, 0) is 14.6 Å². The number of nitrogens with zero attached hydrogens (tertiary/aromatic N) is 2. The summed E-state index contributed by atoms with van der Waals surface area (Å²) in [4.78, 5) is 34.7. The molecule has 8 nitrogen and oxygen atoms in total. The number of hydrogen-bond donors (Lipinski definition) is 2. The fourth-order valence-electron chi connectivity index (χ4n) is 3.63. The van der Waals surface area contributed by atoms with Crippen molar-refractivity contribution in [3.63, 3.8) is 0 Å². The van der Waals surface area contributed by atoms with Crippen molar-refractivity contribution in [1.29, 1.82) is 0 Å². The zero-order chi connectivity index (χ0) is 21.8. The number of aromatic nitrogens is 2. The second kappa shape index (κ2) is 7.17. The number of aromatic amines is 1. The molecule has 0 aliphatic carbocycles. The van der Waals surface area contributed by atoms with Gasteiger partial charge in [-0.15, -0.1) is 0 Å². The summed E-state index contributed by atoms with van der Waals surface area (Å²) < 4.78 is 24.1. The van der Waals surface area contributed by atoms with Crippen molar-refractivity contribution in [2.45, 2.75) is 4.90 Å². The number of thiazole rings is 1. The van der Waals surface area contributed by atoms with Crippen LogP contribution in [0, 0.1) is 5.92 Å². The molecule has 1 aliphatic rings. The molecule has 1 aliphatic heterocycles. The molecule has 31 heavy (non-hydrogen) atoms. The summed E-state index contributed by atoms with van der Waals surface area (Å²) in [7, 11) is -3.31. The van der Waals surface area contributed by atoms with Crippen LogP contribution >= 0.6 is 11.3 Å². The maximum Gasteiger partial charge on any atom is 0.256 e. The lowest BCUT2D eigenvalue weighted by Crippen LogP contribution is -2.54. The standard InChI is InChI=1S/C21H18N4O4S2/c1-31(28,29)13-6-7-17-18(8-13)30-21(23-17)24-19(26)12-10-25(11-12)20(27)15-9-22-16-5-3-2-4-14(15)16/h2-9,12,22H,10-11H2,1H3,(H,23,24,26). The van der Waals surface area contributed by atoms with Crippen LogP contribution in [0.3, 0.4) is 0 Å². The van der Waals surface area contributed by atoms with Gasteiger partial charge in [-0.1, -0.05) is 29.5 Å². The van der Waals surface area contributed by atoms with E-state index in [0.29, 0.717) is 34.0 Å². The second-order valence-corrected chi connectivity index (χ2v) is 10.6. The molecule has 0 unspecified atom stereocenters. The Labute approximate surface area is 181 Å². The molecule has 2 N–H and O–H groups in total. The number of likely N-dealkylation sites (tertiary alicyclic amines) is 1. The monoisotopic (exact) mass is 454 g/mol. The molecule has 4 aromatic rings. The number of rotatable bonds is 4. The molecule has 1 saturated heterocycles. The van der Waals surface area contributed by atoms with Crippen LogP contribution in [0.5, 0.6) is 0 Å². The minimum Gasteiger partial charge on any atom is -0.360 e. The Morgan fingerprint density at radius 2 is 1.97 bits per heavy atom. The van der Waals surface area contributed by atoms with E-state index < -0.39 is 9.84 Å². The van der Waals surface area contributed by atoms with Gasteiger partial charge in [0.1, 0.15) is 0 Å². The molecular weight excluding hydrogens is 436 g/mol. The van der Waals surface area contributed by atoms with Crippen molar-refractivity contribution in [2.24, 2.45) is 5.92 Å². The average molecular weight is 455 g/mol. The maximum atomic E-state index is 12.8. The third kappa shape index (κ3) is 3.57. The zero-order valence-electron chi connectivity index (χ0n) is 16.5. The van der Waals surface area contributed by atoms with Gasteiger partial charge in [0.05, 0.1) is 26.6 Å². The Kier molecular flexibility index (Phi) is 4.56. The number of hydrogen-bond acceptors (Lipinski definition) is 6. The quantitative estimate of drug-likeness (QED) is 0.492. The van der Waals surface area contributed by atoms with Gasteiger partial charge in [-0.3, -0.25) is 9.59 Å². The van der Waals surface area contributed by atoms with E-state index in [9.17, 15) is 18.0 Å². The number of anilines is 1. The molecule has 0 spiro atoms. The van der Waals surface area contributed by atoms with Crippen LogP contribution in [0.15, 0.2) is 53.6 Å². The number of carbonyl (C=O) groups excluding carboxylic acids is 2. The highest BCUT2D eigenvalue weighted by Gasteiger charge is 2.37. The zero-order valence-corrected chi connectivity index (χ0v) is 18.1. The number of sulfone groups is 1. The summed E-state index contributed by atoms with van der Waals surface area (Å²) in [5.74, 6) is -0.618. The van der Waals surface area contributed by atoms with Gasteiger partial charge in [-0.05, 0) is 24.3 Å². The molecule has 2 amide bonds. The van der Waals surface area contributed by atoms with Gasteiger partial charge < -0.3 is 15.2 Å². The number of benzene rings is 2. The van der Waals surface area contributed by atoms with Crippen LogP contribution in [0.2, 0.25) is 0 Å². The highest BCUT2D eigenvalue weighted by Crippen LogP contribution is 2.30. The summed E-state index contributed by atoms with van der Waals surface area (Å²) in [6.07, 6.45) is 2.85. The number of nitrogens with one attached hydrogen (secondary N) is 2. The Bertz CT molecular complexity index is 1450. The van der Waals surface area contributed by atoms with E-state index in [4.69, 9.17) is 0 Å². The van der Waals surface area contributed by atoms with Gasteiger partial charge in [-0.2, -0.15) is 0 Å². The molecule has 0 atom stereocenters. The number of para-hydroxylation sites is 1. The van der Waals surface area contributed by atoms with E-state index in [1.54, 1.807) is 23.2 Å². The van der Waals surface area contributed by atoms with Crippen molar-refractivity contribution < 1.29 is 18.0 Å². The smallest absolute Gasteiger partial charge is 0.256 e. The number of H-pyrrole nitrogens is 1. The summed E-state index contributed by atoms with van der Waals surface area (Å²) >= 11 is 1.22. The lowest BCUT2D eigenvalue weighted by molar-refractivity contribution is -0.123. The van der Waals surface area contributed by atoms with Crippen LogP contribution in [0.25, 0.3) is 21.1 Å². The van der Waals surface area contributed by atoms with Gasteiger partial charge in [0, 0.05) is 36.4 Å². The normalized spacial score (nSPS) is 14.7. The molecule has 3 heterocycles. The Balaban J connectivity index is 1.25. The lowest BCUT2D eigenvalue weighted by Gasteiger charge is -2.37. The third-order valence-electron chi connectivity index (χ3n) is 5.38. The van der Waals surface area contributed by atoms with E-state index in [1.807, 2.05) is 24.3 Å². The molecular formula is C21H18N4O4S2. The third-order valence-corrected chi connectivity index (χ3v) is 7.42. The summed E-state index contributed by atoms with van der Waals surface area (Å²) in [5.41, 5.74) is 2.12. The SMILES string of the molecule is CS(=O)(=O)c1ccc2nc(NC(=O)C3CN(C(=O)c4c[nH]c5ccccc45)C3)sc2c1. The number of fused-ring (bicyclic) bond motifs is 2. The summed E-state index contributed by atoms with van der Waals surface area (Å²) in [6, 6.07) is 12.3. The largest absolute Gasteiger partial charge is 0.360 e. The van der Waals surface area contributed by atoms with Gasteiger partial charge in [0.2, 0.25) is 5.91 Å². The van der Waals surface area contributed by atoms with Gasteiger partial charge in [0.15, 0.2) is 15.0 Å². The van der Waals surface area contributed by atoms with Crippen LogP contribution in [0.1, 0.15) is 10.4 Å². The minimum atomic E-state index is -3.31. The Morgan fingerprint density at radius 3 is 2.74 bits per heavy atom. The van der Waals surface area contributed by atoms with E-state index >= 15 is 0 Å². The summed E-state index contributed by atoms with van der Waals surface area (Å²) in [5, 5.41) is 4.06. The van der Waals surface area contributed by atoms with E-state index in [0.717, 1.165) is 17.2 Å². The topological polar surface area (TPSA) is 112 Å². The second-order valence-electron chi connectivity index (χ2n) is 7.56. The van der Waals surface area contributed by atoms with Crippen molar-refractivity contribution in [1.82, 2.24) is 14.9 Å². The van der Waals surface area contributed by atoms with Gasteiger partial charge in [-0.25, -0.2) is 13.4 Å². The van der Waals surface area contributed by atoms with E-state index in [1.165, 1.54) is 17.4 Å². The van der Waals surface area contributed by atoms with Gasteiger partial charge in [0.25, 0.3) is 5.91 Å². The van der Waals surface area contributed by atoms with Crippen molar-refractivity contribution in [3.05, 3.63) is 54.2 Å². The molecule has 5 rings (SSSR count). The van der Waals surface area contributed by atoms with Crippen LogP contribution in [0.4, 0.5) is 5.13 Å². The Morgan fingerprint density at radius 1 is 1.19 bits per heavy atom. The first kappa shape index (κ1) is 19.7. The van der Waals surface area contributed by atoms with Crippen LogP contribution < -0.4 is 5.32 Å². The molecule has 2 aromatic carbocycles. The average Bonchev–Trinajstić information content (AvgIpc) is 3.28. The highest BCUT2D eigenvalue weighted by molar-refractivity contribution is 7.90. The molecule has 0 saturated carbocycles. The Hall–Kier alpha value is -3.24. The minimum absolute atomic E-state index is 0.102. The molecule has 1 fully saturated rings. The van der Waals surface area contributed by atoms with Crippen molar-refractivity contribution >= 4 is 59.2 Å². The van der Waals surface area contributed by atoms with Crippen molar-refractivity contribution in [3.8, 4) is 0 Å². The predicted molar refractivity (Wildman–Crippen MR) is 119 cm³/mol. The summed E-state index contributed by atoms with van der Waals surface area (Å²) in [6.45, 7) is 0.681. The van der Waals surface area contributed by atoms with Crippen molar-refractivity contribution in [2.75, 3.05) is 24.7 Å². The lowest BCUT2D eigenvalue weighted by atomic mass is 9.98. The predicted octanol–water partition coefficient (Wildman–Crippen LogP) is 2.89. The fourth-order valence-corrected chi connectivity index (χ4v) is 5.26. The first-order valence-corrected chi connectivity index (χ1v) is 12.3. The fraction of sp³-hybridized carbons (Fsp3) is 0.190. The first-order valence-electron chi connectivity index (χ1n) is 9.56. The van der Waals surface area contributed by atoms with Crippen LogP contribution in [-0.4, -0.2) is 54.4 Å². The molecule has 0 bridgehead atoms. The first-order chi connectivity index (χ1) is 14.8. The maximum absolute atomic E-state index is 12.8. The van der Waals surface area contributed by atoms with E-state index in [2.05, 4.69) is 15.3 Å². The molecule has 0 radical (unpaired) electrons. The molecule has 10 heteroatoms. The number of carbonyl (C=O) groups is 2. The number of amides is 2. The molecule has 2 aromatic heterocycles.